The molecule has 160 valence electrons. The Balaban J connectivity index is 1.68. The van der Waals surface area contributed by atoms with E-state index in [4.69, 9.17) is 9.47 Å². The number of fused-ring (bicyclic) bond motifs is 1. The van der Waals surface area contributed by atoms with Gasteiger partial charge >= 0.3 is 6.09 Å². The van der Waals surface area contributed by atoms with Crippen LogP contribution in [0.2, 0.25) is 0 Å². The van der Waals surface area contributed by atoms with Crippen LogP contribution in [0.5, 0.6) is 5.88 Å². The normalized spacial score (nSPS) is 16.7. The predicted molar refractivity (Wildman–Crippen MR) is 121 cm³/mol. The lowest BCUT2D eigenvalue weighted by atomic mass is 10.1. The zero-order chi connectivity index (χ0) is 22.0. The number of thiophene rings is 1. The lowest BCUT2D eigenvalue weighted by Gasteiger charge is -2.36. The summed E-state index contributed by atoms with van der Waals surface area (Å²) in [5.74, 6) is 0.438. The van der Waals surface area contributed by atoms with E-state index in [1.165, 1.54) is 0 Å². The molecule has 6 nitrogen and oxygen atoms in total. The van der Waals surface area contributed by atoms with Crippen LogP contribution in [0, 0.1) is 11.3 Å². The molecule has 3 heterocycles. The first-order valence-electron chi connectivity index (χ1n) is 10.4. The number of rotatable bonds is 3. The van der Waals surface area contributed by atoms with Gasteiger partial charge in [0, 0.05) is 17.8 Å². The quantitative estimate of drug-likeness (QED) is 0.507. The van der Waals surface area contributed by atoms with Gasteiger partial charge in [-0.1, -0.05) is 30.3 Å². The molecule has 2 aromatic heterocycles. The number of pyridine rings is 1. The van der Waals surface area contributed by atoms with Gasteiger partial charge in [0.1, 0.15) is 11.7 Å². The molecule has 1 amide bonds. The lowest BCUT2D eigenvalue weighted by Crippen LogP contribution is -2.48. The molecule has 31 heavy (non-hydrogen) atoms. The Bertz CT molecular complexity index is 1130. The third-order valence-corrected chi connectivity index (χ3v) is 6.24. The van der Waals surface area contributed by atoms with Crippen molar-refractivity contribution in [2.75, 3.05) is 6.54 Å². The van der Waals surface area contributed by atoms with E-state index in [0.717, 1.165) is 33.4 Å². The number of nitriles is 1. The number of amides is 1. The highest BCUT2D eigenvalue weighted by Gasteiger charge is 2.32. The minimum absolute atomic E-state index is 0.377. The molecule has 1 aromatic carbocycles. The van der Waals surface area contributed by atoms with Gasteiger partial charge in [-0.3, -0.25) is 4.90 Å². The molecule has 0 aliphatic carbocycles. The molecular formula is C24H25N3O3S. The summed E-state index contributed by atoms with van der Waals surface area (Å²) < 4.78 is 12.7. The molecule has 1 fully saturated rings. The van der Waals surface area contributed by atoms with Gasteiger partial charge in [0.2, 0.25) is 5.88 Å². The SMILES string of the molecule is CC(C)(C)OC(=O)N1CCCCC1Oc1ncc(C#N)c2sc(-c3ccccc3)cc12. The van der Waals surface area contributed by atoms with E-state index in [2.05, 4.69) is 11.1 Å². The third-order valence-electron chi connectivity index (χ3n) is 5.02. The number of nitrogens with zero attached hydrogens (tertiary/aromatic N) is 3. The number of piperidine rings is 1. The minimum atomic E-state index is -0.572. The van der Waals surface area contributed by atoms with Crippen LogP contribution in [0.3, 0.4) is 0 Å². The molecule has 0 spiro atoms. The second kappa shape index (κ2) is 8.56. The number of carbonyl (C=O) groups excluding carboxylic acids is 1. The van der Waals surface area contributed by atoms with Crippen LogP contribution < -0.4 is 4.74 Å². The van der Waals surface area contributed by atoms with Crippen LogP contribution in [-0.4, -0.2) is 34.4 Å². The summed E-state index contributed by atoms with van der Waals surface area (Å²) in [4.78, 5) is 19.8. The molecule has 7 heteroatoms. The van der Waals surface area contributed by atoms with Gasteiger partial charge in [-0.15, -0.1) is 11.3 Å². The summed E-state index contributed by atoms with van der Waals surface area (Å²) >= 11 is 1.55. The van der Waals surface area contributed by atoms with Crippen LogP contribution in [0.25, 0.3) is 20.5 Å². The first-order valence-corrected chi connectivity index (χ1v) is 11.2. The number of hydrogen-bond donors (Lipinski definition) is 0. The fourth-order valence-corrected chi connectivity index (χ4v) is 4.72. The van der Waals surface area contributed by atoms with Gasteiger partial charge in [0.15, 0.2) is 6.23 Å². The van der Waals surface area contributed by atoms with Gasteiger partial charge < -0.3 is 9.47 Å². The maximum Gasteiger partial charge on any atom is 0.413 e. The molecular weight excluding hydrogens is 410 g/mol. The summed E-state index contributed by atoms with van der Waals surface area (Å²) in [6.07, 6.45) is 3.29. The molecule has 1 unspecified atom stereocenters. The monoisotopic (exact) mass is 435 g/mol. The number of carbonyl (C=O) groups is 1. The van der Waals surface area contributed by atoms with Gasteiger partial charge in [0.25, 0.3) is 0 Å². The summed E-state index contributed by atoms with van der Waals surface area (Å²) in [6.45, 7) is 6.14. The molecule has 4 rings (SSSR count). The summed E-state index contributed by atoms with van der Waals surface area (Å²) in [7, 11) is 0. The molecule has 0 radical (unpaired) electrons. The summed E-state index contributed by atoms with van der Waals surface area (Å²) in [5, 5.41) is 10.3. The van der Waals surface area contributed by atoms with Crippen molar-refractivity contribution in [3.05, 3.63) is 48.2 Å². The largest absolute Gasteiger partial charge is 0.453 e. The molecule has 0 N–H and O–H groups in total. The maximum absolute atomic E-state index is 12.7. The Labute approximate surface area is 186 Å². The number of benzene rings is 1. The Hall–Kier alpha value is -3.11. The first kappa shape index (κ1) is 21.1. The van der Waals surface area contributed by atoms with E-state index >= 15 is 0 Å². The second-order valence-corrected chi connectivity index (χ2v) is 9.60. The van der Waals surface area contributed by atoms with Crippen molar-refractivity contribution in [1.82, 2.24) is 9.88 Å². The van der Waals surface area contributed by atoms with Crippen molar-refractivity contribution in [2.45, 2.75) is 51.9 Å². The Morgan fingerprint density at radius 1 is 1.26 bits per heavy atom. The summed E-state index contributed by atoms with van der Waals surface area (Å²) in [5.41, 5.74) is 1.02. The molecule has 1 aliphatic heterocycles. The Morgan fingerprint density at radius 2 is 2.03 bits per heavy atom. The van der Waals surface area contributed by atoms with E-state index < -0.39 is 11.8 Å². The molecule has 1 atom stereocenters. The van der Waals surface area contributed by atoms with Gasteiger partial charge in [-0.05, 0) is 45.2 Å². The van der Waals surface area contributed by atoms with E-state index in [0.29, 0.717) is 24.4 Å². The number of hydrogen-bond acceptors (Lipinski definition) is 6. The Morgan fingerprint density at radius 3 is 2.74 bits per heavy atom. The van der Waals surface area contributed by atoms with Crippen molar-refractivity contribution in [1.29, 1.82) is 5.26 Å². The first-order chi connectivity index (χ1) is 14.9. The van der Waals surface area contributed by atoms with E-state index in [9.17, 15) is 10.1 Å². The van der Waals surface area contributed by atoms with Crippen molar-refractivity contribution in [3.63, 3.8) is 0 Å². The lowest BCUT2D eigenvalue weighted by molar-refractivity contribution is -0.0350. The molecule has 0 saturated carbocycles. The van der Waals surface area contributed by atoms with Gasteiger partial charge in [0.05, 0.1) is 21.8 Å². The number of likely N-dealkylation sites (tertiary alicyclic amines) is 1. The van der Waals surface area contributed by atoms with Crippen LogP contribution in [-0.2, 0) is 4.74 Å². The molecule has 3 aromatic rings. The fourth-order valence-electron chi connectivity index (χ4n) is 3.60. The standard InChI is InChI=1S/C24H25N3O3S/c1-24(2,3)30-23(28)27-12-8-7-11-20(27)29-22-18-13-19(16-9-5-4-6-10-16)31-21(18)17(14-25)15-26-22/h4-6,9-10,13,15,20H,7-8,11-12H2,1-3H3. The average Bonchev–Trinajstić information content (AvgIpc) is 3.20. The van der Waals surface area contributed by atoms with Crippen molar-refractivity contribution < 1.29 is 14.3 Å². The van der Waals surface area contributed by atoms with Gasteiger partial charge in [-0.25, -0.2) is 9.78 Å². The second-order valence-electron chi connectivity index (χ2n) is 8.55. The Kier molecular flexibility index (Phi) is 5.84. The summed E-state index contributed by atoms with van der Waals surface area (Å²) in [6, 6.07) is 14.3. The van der Waals surface area contributed by atoms with Crippen LogP contribution in [0.15, 0.2) is 42.6 Å². The fraction of sp³-hybridized carbons (Fsp3) is 0.375. The average molecular weight is 436 g/mol. The third kappa shape index (κ3) is 4.64. The highest BCUT2D eigenvalue weighted by atomic mass is 32.1. The van der Waals surface area contributed by atoms with Crippen LogP contribution in [0.1, 0.15) is 45.6 Å². The minimum Gasteiger partial charge on any atom is -0.453 e. The molecule has 0 bridgehead atoms. The highest BCUT2D eigenvalue weighted by molar-refractivity contribution is 7.22. The van der Waals surface area contributed by atoms with Crippen molar-refractivity contribution in [3.8, 4) is 22.4 Å². The molecule has 1 saturated heterocycles. The number of ether oxygens (including phenoxy) is 2. The topological polar surface area (TPSA) is 75.4 Å². The van der Waals surface area contributed by atoms with Crippen molar-refractivity contribution >= 4 is 27.5 Å². The van der Waals surface area contributed by atoms with E-state index in [-0.39, 0.29) is 6.09 Å². The maximum atomic E-state index is 12.7. The predicted octanol–water partition coefficient (Wildman–Crippen LogP) is 5.96. The van der Waals surface area contributed by atoms with Crippen molar-refractivity contribution in [2.24, 2.45) is 0 Å². The smallest absolute Gasteiger partial charge is 0.413 e. The highest BCUT2D eigenvalue weighted by Crippen LogP contribution is 2.39. The van der Waals surface area contributed by atoms with Gasteiger partial charge in [-0.2, -0.15) is 5.26 Å². The zero-order valence-electron chi connectivity index (χ0n) is 17.9. The van der Waals surface area contributed by atoms with Crippen LogP contribution >= 0.6 is 11.3 Å². The zero-order valence-corrected chi connectivity index (χ0v) is 18.7. The van der Waals surface area contributed by atoms with E-state index in [1.54, 1.807) is 22.4 Å². The molecule has 1 aliphatic rings. The van der Waals surface area contributed by atoms with E-state index in [1.807, 2.05) is 57.2 Å². The number of aromatic nitrogens is 1. The van der Waals surface area contributed by atoms with Crippen LogP contribution in [0.4, 0.5) is 4.79 Å².